The van der Waals surface area contributed by atoms with Crippen LogP contribution in [0.2, 0.25) is 5.02 Å². The average Bonchev–Trinajstić information content (AvgIpc) is 2.92. The van der Waals surface area contributed by atoms with Gasteiger partial charge in [0, 0.05) is 15.8 Å². The minimum atomic E-state index is 0.361. The summed E-state index contributed by atoms with van der Waals surface area (Å²) in [7, 11) is 0. The van der Waals surface area contributed by atoms with Crippen molar-refractivity contribution in [2.45, 2.75) is 29.4 Å². The van der Waals surface area contributed by atoms with Crippen molar-refractivity contribution >= 4 is 29.1 Å². The van der Waals surface area contributed by atoms with Crippen molar-refractivity contribution in [3.05, 3.63) is 29.3 Å². The van der Waals surface area contributed by atoms with Crippen LogP contribution in [0.1, 0.15) is 19.3 Å². The molecule has 2 nitrogen and oxygen atoms in total. The van der Waals surface area contributed by atoms with Crippen molar-refractivity contribution in [1.82, 2.24) is 0 Å². The first-order valence-corrected chi connectivity index (χ1v) is 7.18. The molecule has 1 aromatic rings. The summed E-state index contributed by atoms with van der Waals surface area (Å²) in [6.07, 6.45) is 3.67. The van der Waals surface area contributed by atoms with Gasteiger partial charge in [-0.3, -0.25) is 0 Å². The van der Waals surface area contributed by atoms with Gasteiger partial charge in [-0.15, -0.1) is 11.8 Å². The third-order valence-electron chi connectivity index (χ3n) is 3.80. The molecule has 2 saturated carbocycles. The van der Waals surface area contributed by atoms with Crippen LogP contribution in [-0.2, 0) is 0 Å². The Balaban J connectivity index is 1.79. The Hall–Kier alpha value is -0.670. The summed E-state index contributed by atoms with van der Waals surface area (Å²) in [6.45, 7) is 0. The zero-order valence-electron chi connectivity index (χ0n) is 9.34. The number of benzene rings is 1. The predicted octanol–water partition coefficient (Wildman–Crippen LogP) is 4.06. The smallest absolute Gasteiger partial charge is 0.0737 e. The van der Waals surface area contributed by atoms with Crippen molar-refractivity contribution < 1.29 is 5.21 Å². The van der Waals surface area contributed by atoms with Crippen molar-refractivity contribution in [2.75, 3.05) is 0 Å². The maximum absolute atomic E-state index is 9.13. The lowest BCUT2D eigenvalue weighted by Gasteiger charge is -2.22. The summed E-state index contributed by atoms with van der Waals surface area (Å²) in [5.41, 5.74) is 1.00. The molecule has 1 aromatic carbocycles. The maximum Gasteiger partial charge on any atom is 0.0737 e. The van der Waals surface area contributed by atoms with E-state index < -0.39 is 0 Å². The van der Waals surface area contributed by atoms with Crippen molar-refractivity contribution in [1.29, 1.82) is 0 Å². The molecule has 3 atom stereocenters. The maximum atomic E-state index is 9.13. The number of hydrogen-bond acceptors (Lipinski definition) is 3. The summed E-state index contributed by atoms with van der Waals surface area (Å²) in [5.74, 6) is 1.21. The van der Waals surface area contributed by atoms with Gasteiger partial charge < -0.3 is 5.21 Å². The molecule has 0 amide bonds. The second-order valence-corrected chi connectivity index (χ2v) is 6.44. The molecular weight excluding hydrogens is 254 g/mol. The van der Waals surface area contributed by atoms with Crippen LogP contribution in [0.15, 0.2) is 34.3 Å². The minimum Gasteiger partial charge on any atom is -0.411 e. The first-order chi connectivity index (χ1) is 8.28. The molecule has 2 aliphatic carbocycles. The standard InChI is InChI=1S/C13H14ClNOS/c14-10-3-5-11(6-4-10)17-13-9-2-1-8(7-9)12(13)15-16/h3-6,8-9,13,16H,1-2,7H2/b15-12+/t8-,9-,13-/m0/s1. The zero-order chi connectivity index (χ0) is 11.8. The second-order valence-electron chi connectivity index (χ2n) is 4.79. The number of fused-ring (bicyclic) bond motifs is 2. The number of rotatable bonds is 2. The summed E-state index contributed by atoms with van der Waals surface area (Å²) in [5, 5.41) is 13.8. The highest BCUT2D eigenvalue weighted by Crippen LogP contribution is 2.49. The second kappa shape index (κ2) is 4.54. The highest BCUT2D eigenvalue weighted by Gasteiger charge is 2.45. The third kappa shape index (κ3) is 2.06. The van der Waals surface area contributed by atoms with Crippen molar-refractivity contribution in [3.8, 4) is 0 Å². The quantitative estimate of drug-likeness (QED) is 0.647. The Labute approximate surface area is 110 Å². The third-order valence-corrected chi connectivity index (χ3v) is 5.48. The topological polar surface area (TPSA) is 32.6 Å². The van der Waals surface area contributed by atoms with Gasteiger partial charge in [0.05, 0.1) is 11.0 Å². The van der Waals surface area contributed by atoms with E-state index >= 15 is 0 Å². The molecule has 2 aliphatic rings. The Morgan fingerprint density at radius 1 is 1.24 bits per heavy atom. The lowest BCUT2D eigenvalue weighted by molar-refractivity contribution is 0.314. The number of halogens is 1. The molecule has 0 saturated heterocycles. The van der Waals surface area contributed by atoms with Crippen LogP contribution in [0.3, 0.4) is 0 Å². The highest BCUT2D eigenvalue weighted by atomic mass is 35.5. The molecule has 4 heteroatoms. The van der Waals surface area contributed by atoms with Gasteiger partial charge in [-0.1, -0.05) is 16.8 Å². The molecule has 0 radical (unpaired) electrons. The van der Waals surface area contributed by atoms with E-state index in [0.717, 1.165) is 10.7 Å². The van der Waals surface area contributed by atoms with Gasteiger partial charge in [-0.05, 0) is 49.4 Å². The van der Waals surface area contributed by atoms with E-state index in [1.165, 1.54) is 24.2 Å². The highest BCUT2D eigenvalue weighted by molar-refractivity contribution is 8.00. The summed E-state index contributed by atoms with van der Waals surface area (Å²) < 4.78 is 0. The number of nitrogens with zero attached hydrogens (tertiary/aromatic N) is 1. The van der Waals surface area contributed by atoms with E-state index in [9.17, 15) is 0 Å². The van der Waals surface area contributed by atoms with E-state index in [2.05, 4.69) is 5.16 Å². The Morgan fingerprint density at radius 3 is 2.71 bits per heavy atom. The largest absolute Gasteiger partial charge is 0.411 e. The Morgan fingerprint density at radius 2 is 2.00 bits per heavy atom. The molecule has 0 aromatic heterocycles. The van der Waals surface area contributed by atoms with Gasteiger partial charge in [0.2, 0.25) is 0 Å². The fourth-order valence-corrected chi connectivity index (χ4v) is 4.50. The first kappa shape index (κ1) is 11.4. The van der Waals surface area contributed by atoms with Crippen LogP contribution in [0.5, 0.6) is 0 Å². The molecule has 2 fully saturated rings. The van der Waals surface area contributed by atoms with Gasteiger partial charge in [0.1, 0.15) is 0 Å². The van der Waals surface area contributed by atoms with E-state index in [-0.39, 0.29) is 0 Å². The van der Waals surface area contributed by atoms with Crippen LogP contribution in [0.25, 0.3) is 0 Å². The molecule has 2 bridgehead atoms. The molecular formula is C13H14ClNOS. The van der Waals surface area contributed by atoms with Gasteiger partial charge in [0.25, 0.3) is 0 Å². The van der Waals surface area contributed by atoms with Crippen molar-refractivity contribution in [2.24, 2.45) is 17.0 Å². The summed E-state index contributed by atoms with van der Waals surface area (Å²) >= 11 is 7.68. The molecule has 1 N–H and O–H groups in total. The van der Waals surface area contributed by atoms with Gasteiger partial charge in [-0.2, -0.15) is 0 Å². The SMILES string of the molecule is O/N=C1\[C@H]2CC[C@@H](C2)[C@@H]1Sc1ccc(Cl)cc1. The molecule has 17 heavy (non-hydrogen) atoms. The van der Waals surface area contributed by atoms with Gasteiger partial charge in [-0.25, -0.2) is 0 Å². The molecule has 3 rings (SSSR count). The molecule has 0 aliphatic heterocycles. The number of hydrogen-bond donors (Lipinski definition) is 1. The van der Waals surface area contributed by atoms with Crippen LogP contribution in [-0.4, -0.2) is 16.2 Å². The van der Waals surface area contributed by atoms with Crippen molar-refractivity contribution in [3.63, 3.8) is 0 Å². The van der Waals surface area contributed by atoms with E-state index in [1.807, 2.05) is 24.3 Å². The van der Waals surface area contributed by atoms with E-state index in [0.29, 0.717) is 17.1 Å². The Bertz CT molecular complexity index is 445. The van der Waals surface area contributed by atoms with Crippen LogP contribution < -0.4 is 0 Å². The summed E-state index contributed by atoms with van der Waals surface area (Å²) in [6, 6.07) is 7.89. The summed E-state index contributed by atoms with van der Waals surface area (Å²) in [4.78, 5) is 1.20. The van der Waals surface area contributed by atoms with Gasteiger partial charge >= 0.3 is 0 Å². The molecule has 0 unspecified atom stereocenters. The van der Waals surface area contributed by atoms with Crippen LogP contribution >= 0.6 is 23.4 Å². The van der Waals surface area contributed by atoms with Crippen LogP contribution in [0.4, 0.5) is 0 Å². The molecule has 0 spiro atoms. The normalized spacial score (nSPS) is 33.5. The Kier molecular flexibility index (Phi) is 3.05. The van der Waals surface area contributed by atoms with E-state index in [4.69, 9.17) is 16.8 Å². The average molecular weight is 268 g/mol. The lowest BCUT2D eigenvalue weighted by Crippen LogP contribution is -2.24. The zero-order valence-corrected chi connectivity index (χ0v) is 10.9. The lowest BCUT2D eigenvalue weighted by atomic mass is 9.98. The monoisotopic (exact) mass is 267 g/mol. The predicted molar refractivity (Wildman–Crippen MR) is 71.1 cm³/mol. The van der Waals surface area contributed by atoms with E-state index in [1.54, 1.807) is 11.8 Å². The number of oxime groups is 1. The fraction of sp³-hybridized carbons (Fsp3) is 0.462. The minimum absolute atomic E-state index is 0.361. The first-order valence-electron chi connectivity index (χ1n) is 5.92. The van der Waals surface area contributed by atoms with Gasteiger partial charge in [0.15, 0.2) is 0 Å². The molecule has 0 heterocycles. The number of thioether (sulfide) groups is 1. The molecule has 90 valence electrons. The fourth-order valence-electron chi connectivity index (χ4n) is 2.99. The van der Waals surface area contributed by atoms with Crippen LogP contribution in [0, 0.1) is 11.8 Å².